The van der Waals surface area contributed by atoms with E-state index in [4.69, 9.17) is 5.41 Å². The molecule has 0 bridgehead atoms. The molecule has 6 heteroatoms. The minimum absolute atomic E-state index is 0.0334. The van der Waals surface area contributed by atoms with Crippen molar-refractivity contribution in [1.29, 1.82) is 5.41 Å². The third-order valence-electron chi connectivity index (χ3n) is 3.59. The number of nitrogens with one attached hydrogen (secondary N) is 1. The van der Waals surface area contributed by atoms with Gasteiger partial charge in [-0.2, -0.15) is 0 Å². The Balaban J connectivity index is 1.89. The van der Waals surface area contributed by atoms with Crippen molar-refractivity contribution in [2.75, 3.05) is 6.54 Å². The van der Waals surface area contributed by atoms with E-state index >= 15 is 0 Å². The lowest BCUT2D eigenvalue weighted by molar-refractivity contribution is 0.528. The van der Waals surface area contributed by atoms with E-state index in [1.54, 1.807) is 24.3 Å². The first-order valence-corrected chi connectivity index (χ1v) is 9.20. The van der Waals surface area contributed by atoms with E-state index in [-0.39, 0.29) is 15.3 Å². The monoisotopic (exact) mass is 332 g/mol. The Kier molecular flexibility index (Phi) is 3.97. The summed E-state index contributed by atoms with van der Waals surface area (Å²) in [6, 6.07) is 16.4. The fourth-order valence-corrected chi connectivity index (χ4v) is 5.14. The van der Waals surface area contributed by atoms with Gasteiger partial charge in [0.25, 0.3) is 10.0 Å². The van der Waals surface area contributed by atoms with Gasteiger partial charge in [-0.15, -0.1) is 0 Å². The van der Waals surface area contributed by atoms with E-state index in [1.165, 1.54) is 16.1 Å². The summed E-state index contributed by atoms with van der Waals surface area (Å²) in [6.07, 6.45) is 0. The van der Waals surface area contributed by atoms with Crippen molar-refractivity contribution in [3.63, 3.8) is 0 Å². The van der Waals surface area contributed by atoms with Crippen molar-refractivity contribution in [1.82, 2.24) is 4.31 Å². The molecule has 1 aliphatic heterocycles. The standard InChI is InChI=1S/C16H16N2O2S2/c1-12-7-9-14(10-8-12)22(19,20)18-11-15(21-16(18)17)13-5-3-2-4-6-13/h2-10,15,17H,11H2,1H3. The molecule has 2 aromatic rings. The number of hydrogen-bond donors (Lipinski definition) is 1. The molecular weight excluding hydrogens is 316 g/mol. The summed E-state index contributed by atoms with van der Waals surface area (Å²) >= 11 is 1.28. The summed E-state index contributed by atoms with van der Waals surface area (Å²) < 4.78 is 26.6. The van der Waals surface area contributed by atoms with Crippen LogP contribution in [-0.4, -0.2) is 24.4 Å². The topological polar surface area (TPSA) is 61.2 Å². The molecule has 0 aromatic heterocycles. The molecule has 1 saturated heterocycles. The molecular formula is C16H16N2O2S2. The predicted octanol–water partition coefficient (Wildman–Crippen LogP) is 3.41. The van der Waals surface area contributed by atoms with Crippen LogP contribution in [0, 0.1) is 12.3 Å². The van der Waals surface area contributed by atoms with Crippen LogP contribution < -0.4 is 0 Å². The molecule has 0 aliphatic carbocycles. The minimum atomic E-state index is -3.66. The van der Waals surface area contributed by atoms with Crippen LogP contribution >= 0.6 is 11.8 Å². The van der Waals surface area contributed by atoms with Gasteiger partial charge in [0.05, 0.1) is 16.7 Å². The molecule has 0 saturated carbocycles. The van der Waals surface area contributed by atoms with Gasteiger partial charge in [0.1, 0.15) is 0 Å². The molecule has 114 valence electrons. The molecule has 1 atom stereocenters. The second-order valence-electron chi connectivity index (χ2n) is 5.17. The predicted molar refractivity (Wildman–Crippen MR) is 89.6 cm³/mol. The molecule has 2 aromatic carbocycles. The van der Waals surface area contributed by atoms with Crippen LogP contribution in [0.4, 0.5) is 0 Å². The van der Waals surface area contributed by atoms with E-state index < -0.39 is 10.0 Å². The minimum Gasteiger partial charge on any atom is -0.278 e. The average molecular weight is 332 g/mol. The summed E-state index contributed by atoms with van der Waals surface area (Å²) in [5.74, 6) is 0. The number of thioether (sulfide) groups is 1. The maximum absolute atomic E-state index is 12.7. The fourth-order valence-electron chi connectivity index (χ4n) is 2.35. The Bertz CT molecular complexity index is 787. The third kappa shape index (κ3) is 2.76. The highest BCUT2D eigenvalue weighted by Crippen LogP contribution is 2.39. The van der Waals surface area contributed by atoms with E-state index in [1.807, 2.05) is 37.3 Å². The van der Waals surface area contributed by atoms with E-state index in [9.17, 15) is 8.42 Å². The van der Waals surface area contributed by atoms with Gasteiger partial charge in [0, 0.05) is 0 Å². The van der Waals surface area contributed by atoms with Crippen molar-refractivity contribution in [2.45, 2.75) is 17.1 Å². The van der Waals surface area contributed by atoms with Gasteiger partial charge in [0.15, 0.2) is 5.17 Å². The lowest BCUT2D eigenvalue weighted by atomic mass is 10.1. The fraction of sp³-hybridized carbons (Fsp3) is 0.188. The highest BCUT2D eigenvalue weighted by Gasteiger charge is 2.37. The molecule has 1 aliphatic rings. The van der Waals surface area contributed by atoms with Crippen LogP contribution in [0.15, 0.2) is 59.5 Å². The van der Waals surface area contributed by atoms with Crippen LogP contribution in [0.2, 0.25) is 0 Å². The molecule has 22 heavy (non-hydrogen) atoms. The van der Waals surface area contributed by atoms with Crippen molar-refractivity contribution < 1.29 is 8.42 Å². The van der Waals surface area contributed by atoms with Crippen molar-refractivity contribution in [3.8, 4) is 0 Å². The van der Waals surface area contributed by atoms with Crippen LogP contribution in [0.1, 0.15) is 16.4 Å². The number of nitrogens with zero attached hydrogens (tertiary/aromatic N) is 1. The van der Waals surface area contributed by atoms with Crippen LogP contribution in [0.3, 0.4) is 0 Å². The Morgan fingerprint density at radius 1 is 1.09 bits per heavy atom. The van der Waals surface area contributed by atoms with Crippen LogP contribution in [0.25, 0.3) is 0 Å². The summed E-state index contributed by atoms with van der Waals surface area (Å²) in [5.41, 5.74) is 2.05. The number of benzene rings is 2. The second kappa shape index (κ2) is 5.78. The summed E-state index contributed by atoms with van der Waals surface area (Å²) in [6.45, 7) is 2.21. The zero-order valence-electron chi connectivity index (χ0n) is 12.1. The van der Waals surface area contributed by atoms with E-state index in [0.717, 1.165) is 11.1 Å². The van der Waals surface area contributed by atoms with Crippen molar-refractivity contribution >= 4 is 27.0 Å². The van der Waals surface area contributed by atoms with Gasteiger partial charge in [0.2, 0.25) is 0 Å². The van der Waals surface area contributed by atoms with Crippen LogP contribution in [-0.2, 0) is 10.0 Å². The van der Waals surface area contributed by atoms with Gasteiger partial charge in [-0.05, 0) is 24.6 Å². The van der Waals surface area contributed by atoms with Crippen molar-refractivity contribution in [2.24, 2.45) is 0 Å². The number of hydrogen-bond acceptors (Lipinski definition) is 4. The zero-order valence-corrected chi connectivity index (χ0v) is 13.7. The van der Waals surface area contributed by atoms with Crippen molar-refractivity contribution in [3.05, 3.63) is 65.7 Å². The first-order valence-electron chi connectivity index (χ1n) is 6.88. The Morgan fingerprint density at radius 3 is 2.36 bits per heavy atom. The van der Waals surface area contributed by atoms with Crippen LogP contribution in [0.5, 0.6) is 0 Å². The first-order chi connectivity index (χ1) is 10.5. The molecule has 1 heterocycles. The summed E-state index contributed by atoms with van der Waals surface area (Å²) in [7, 11) is -3.66. The quantitative estimate of drug-likeness (QED) is 0.937. The Labute approximate surface area is 134 Å². The Hall–Kier alpha value is -1.79. The second-order valence-corrected chi connectivity index (χ2v) is 8.23. The molecule has 3 rings (SSSR count). The zero-order chi connectivity index (χ0) is 15.7. The number of rotatable bonds is 3. The maximum atomic E-state index is 12.7. The van der Waals surface area contributed by atoms with Gasteiger partial charge in [-0.3, -0.25) is 5.41 Å². The highest BCUT2D eigenvalue weighted by molar-refractivity contribution is 8.15. The lowest BCUT2D eigenvalue weighted by Crippen LogP contribution is -2.31. The molecule has 1 unspecified atom stereocenters. The molecule has 4 nitrogen and oxygen atoms in total. The van der Waals surface area contributed by atoms with Gasteiger partial charge in [-0.25, -0.2) is 12.7 Å². The first kappa shape index (κ1) is 15.1. The SMILES string of the molecule is Cc1ccc(S(=O)(=O)N2CC(c3ccccc3)SC2=N)cc1. The average Bonchev–Trinajstić information content (AvgIpc) is 2.91. The number of aryl methyl sites for hydroxylation is 1. The third-order valence-corrected chi connectivity index (χ3v) is 6.64. The van der Waals surface area contributed by atoms with Gasteiger partial charge >= 0.3 is 0 Å². The van der Waals surface area contributed by atoms with E-state index in [0.29, 0.717) is 6.54 Å². The molecule has 0 spiro atoms. The molecule has 0 amide bonds. The number of amidine groups is 1. The Morgan fingerprint density at radius 2 is 1.73 bits per heavy atom. The summed E-state index contributed by atoms with van der Waals surface area (Å²) in [5, 5.41) is 8.09. The summed E-state index contributed by atoms with van der Waals surface area (Å²) in [4.78, 5) is 0.233. The normalized spacial score (nSPS) is 18.7. The maximum Gasteiger partial charge on any atom is 0.265 e. The molecule has 0 radical (unpaired) electrons. The molecule has 1 N–H and O–H groups in total. The lowest BCUT2D eigenvalue weighted by Gasteiger charge is -2.17. The number of sulfonamides is 1. The highest BCUT2D eigenvalue weighted by atomic mass is 32.2. The molecule has 1 fully saturated rings. The smallest absolute Gasteiger partial charge is 0.265 e. The largest absolute Gasteiger partial charge is 0.278 e. The van der Waals surface area contributed by atoms with E-state index in [2.05, 4.69) is 0 Å². The van der Waals surface area contributed by atoms with Gasteiger partial charge < -0.3 is 0 Å². The van der Waals surface area contributed by atoms with Gasteiger partial charge in [-0.1, -0.05) is 59.8 Å².